The van der Waals surface area contributed by atoms with Crippen molar-refractivity contribution >= 4 is 23.4 Å². The monoisotopic (exact) mass is 410 g/mol. The fourth-order valence-electron chi connectivity index (χ4n) is 3.13. The van der Waals surface area contributed by atoms with Gasteiger partial charge < -0.3 is 14.1 Å². The highest BCUT2D eigenvalue weighted by Crippen LogP contribution is 2.27. The summed E-state index contributed by atoms with van der Waals surface area (Å²) in [6.07, 6.45) is 0. The number of ether oxygens (including phenoxy) is 1. The molecule has 2 aromatic heterocycles. The van der Waals surface area contributed by atoms with Crippen LogP contribution in [0.1, 0.15) is 21.8 Å². The number of benzene rings is 2. The van der Waals surface area contributed by atoms with Crippen molar-refractivity contribution < 1.29 is 13.9 Å². The summed E-state index contributed by atoms with van der Waals surface area (Å²) < 4.78 is 12.6. The van der Waals surface area contributed by atoms with Crippen LogP contribution < -0.4 is 4.74 Å². The molecular weight excluding hydrogens is 392 g/mol. The molecule has 0 atom stereocenters. The lowest BCUT2D eigenvalue weighted by Gasteiger charge is -2.17. The second kappa shape index (κ2) is 7.60. The highest BCUT2D eigenvalue weighted by Gasteiger charge is 2.24. The molecule has 0 aliphatic rings. The molecule has 0 radical (unpaired) electrons. The first-order valence-electron chi connectivity index (χ1n) is 8.98. The van der Waals surface area contributed by atoms with E-state index in [-0.39, 0.29) is 17.5 Å². The van der Waals surface area contributed by atoms with Crippen LogP contribution in [-0.4, -0.2) is 39.6 Å². The Morgan fingerprint density at radius 1 is 1.21 bits per heavy atom. The van der Waals surface area contributed by atoms with E-state index in [9.17, 15) is 4.79 Å². The van der Waals surface area contributed by atoms with E-state index >= 15 is 0 Å². The van der Waals surface area contributed by atoms with Crippen LogP contribution in [0.4, 0.5) is 0 Å². The van der Waals surface area contributed by atoms with Crippen LogP contribution in [0.15, 0.2) is 52.9 Å². The molecule has 2 heterocycles. The second-order valence-corrected chi connectivity index (χ2v) is 7.01. The number of aromatic nitrogens is 3. The van der Waals surface area contributed by atoms with Crippen LogP contribution in [0.25, 0.3) is 17.2 Å². The highest BCUT2D eigenvalue weighted by molar-refractivity contribution is 6.33. The van der Waals surface area contributed by atoms with E-state index in [4.69, 9.17) is 20.8 Å². The van der Waals surface area contributed by atoms with Gasteiger partial charge in [0.1, 0.15) is 5.75 Å². The van der Waals surface area contributed by atoms with E-state index in [1.807, 2.05) is 42.5 Å². The predicted octanol–water partition coefficient (Wildman–Crippen LogP) is 4.23. The third-order valence-electron chi connectivity index (χ3n) is 4.67. The number of oxazole rings is 1. The SMILES string of the molecule is COc1ccccc1CN(C)C(=O)c1oc2nc(-c3ccccc3Cl)nn2c1C. The molecule has 0 bridgehead atoms. The van der Waals surface area contributed by atoms with E-state index in [1.165, 1.54) is 4.52 Å². The number of aryl methyl sites for hydroxylation is 1. The number of carbonyl (C=O) groups excluding carboxylic acids is 1. The Labute approximate surface area is 172 Å². The number of amides is 1. The Hall–Kier alpha value is -3.32. The summed E-state index contributed by atoms with van der Waals surface area (Å²) in [7, 11) is 3.32. The molecule has 1 amide bonds. The molecule has 0 unspecified atom stereocenters. The molecule has 2 aromatic carbocycles. The van der Waals surface area contributed by atoms with Gasteiger partial charge in [-0.05, 0) is 25.1 Å². The highest BCUT2D eigenvalue weighted by atomic mass is 35.5. The lowest BCUT2D eigenvalue weighted by Crippen LogP contribution is -2.26. The molecule has 148 valence electrons. The van der Waals surface area contributed by atoms with Gasteiger partial charge in [-0.1, -0.05) is 41.9 Å². The Morgan fingerprint density at radius 2 is 1.93 bits per heavy atom. The van der Waals surface area contributed by atoms with E-state index in [0.717, 1.165) is 11.3 Å². The number of para-hydroxylation sites is 1. The van der Waals surface area contributed by atoms with Crippen LogP contribution in [-0.2, 0) is 6.54 Å². The first-order valence-corrected chi connectivity index (χ1v) is 9.36. The average molecular weight is 411 g/mol. The van der Waals surface area contributed by atoms with Crippen LogP contribution in [0.5, 0.6) is 5.75 Å². The largest absolute Gasteiger partial charge is 0.496 e. The van der Waals surface area contributed by atoms with Crippen molar-refractivity contribution in [2.24, 2.45) is 0 Å². The molecule has 0 saturated carbocycles. The third-order valence-corrected chi connectivity index (χ3v) is 5.00. The van der Waals surface area contributed by atoms with E-state index in [1.54, 1.807) is 32.0 Å². The van der Waals surface area contributed by atoms with Gasteiger partial charge in [0.2, 0.25) is 5.76 Å². The van der Waals surface area contributed by atoms with Crippen molar-refractivity contribution in [2.45, 2.75) is 13.5 Å². The smallest absolute Gasteiger partial charge is 0.325 e. The standard InChI is InChI=1S/C21H19ClN4O3/c1-13-18(20(27)25(2)12-14-8-4-7-11-17(14)28-3)29-21-23-19(24-26(13)21)15-9-5-6-10-16(15)22/h4-11H,12H2,1-3H3. The summed E-state index contributed by atoms with van der Waals surface area (Å²) in [5.41, 5.74) is 2.18. The van der Waals surface area contributed by atoms with Crippen molar-refractivity contribution in [3.8, 4) is 17.1 Å². The Kier molecular flexibility index (Phi) is 4.98. The number of fused-ring (bicyclic) bond motifs is 1. The number of halogens is 1. The van der Waals surface area contributed by atoms with Crippen LogP contribution in [0.3, 0.4) is 0 Å². The minimum Gasteiger partial charge on any atom is -0.496 e. The van der Waals surface area contributed by atoms with E-state index in [2.05, 4.69) is 10.1 Å². The maximum atomic E-state index is 12.9. The fraction of sp³-hybridized carbons (Fsp3) is 0.190. The van der Waals surface area contributed by atoms with Gasteiger partial charge >= 0.3 is 5.84 Å². The molecular formula is C21H19ClN4O3. The first-order chi connectivity index (χ1) is 14.0. The van der Waals surface area contributed by atoms with Gasteiger partial charge in [0.15, 0.2) is 5.82 Å². The quantitative estimate of drug-likeness (QED) is 0.492. The molecule has 0 fully saturated rings. The number of hydrogen-bond acceptors (Lipinski definition) is 5. The van der Waals surface area contributed by atoms with Crippen molar-refractivity contribution in [3.05, 3.63) is 70.6 Å². The third kappa shape index (κ3) is 3.45. The van der Waals surface area contributed by atoms with Gasteiger partial charge in [-0.2, -0.15) is 9.50 Å². The van der Waals surface area contributed by atoms with Crippen molar-refractivity contribution in [1.29, 1.82) is 0 Å². The number of rotatable bonds is 5. The minimum absolute atomic E-state index is 0.197. The molecule has 0 N–H and O–H groups in total. The van der Waals surface area contributed by atoms with E-state index < -0.39 is 0 Å². The van der Waals surface area contributed by atoms with Gasteiger partial charge in [-0.15, -0.1) is 5.10 Å². The fourth-order valence-corrected chi connectivity index (χ4v) is 3.35. The summed E-state index contributed by atoms with van der Waals surface area (Å²) in [6, 6.07) is 14.9. The second-order valence-electron chi connectivity index (χ2n) is 6.60. The van der Waals surface area contributed by atoms with Gasteiger partial charge in [-0.25, -0.2) is 0 Å². The minimum atomic E-state index is -0.264. The maximum Gasteiger partial charge on any atom is 0.325 e. The van der Waals surface area contributed by atoms with Crippen molar-refractivity contribution in [1.82, 2.24) is 19.5 Å². The molecule has 7 nitrogen and oxygen atoms in total. The zero-order chi connectivity index (χ0) is 20.5. The van der Waals surface area contributed by atoms with Crippen molar-refractivity contribution in [2.75, 3.05) is 14.2 Å². The van der Waals surface area contributed by atoms with Gasteiger partial charge in [0.25, 0.3) is 5.91 Å². The topological polar surface area (TPSA) is 72.9 Å². The van der Waals surface area contributed by atoms with Gasteiger partial charge in [0, 0.05) is 24.7 Å². The lowest BCUT2D eigenvalue weighted by atomic mass is 10.2. The average Bonchev–Trinajstić information content (AvgIpc) is 3.27. The predicted molar refractivity (Wildman–Crippen MR) is 109 cm³/mol. The molecule has 4 rings (SSSR count). The molecule has 29 heavy (non-hydrogen) atoms. The first kappa shape index (κ1) is 19.0. The van der Waals surface area contributed by atoms with Crippen LogP contribution in [0, 0.1) is 6.92 Å². The maximum absolute atomic E-state index is 12.9. The Balaban J connectivity index is 1.62. The van der Waals surface area contributed by atoms with Crippen LogP contribution in [0.2, 0.25) is 5.02 Å². The zero-order valence-corrected chi connectivity index (χ0v) is 17.0. The Bertz CT molecular complexity index is 1200. The molecule has 0 aliphatic carbocycles. The number of carbonyl (C=O) groups is 1. The number of methoxy groups -OCH3 is 1. The molecule has 0 saturated heterocycles. The summed E-state index contributed by atoms with van der Waals surface area (Å²) in [5.74, 6) is 1.34. The zero-order valence-electron chi connectivity index (χ0n) is 16.2. The molecule has 0 aliphatic heterocycles. The van der Waals surface area contributed by atoms with E-state index in [0.29, 0.717) is 28.6 Å². The molecule has 8 heteroatoms. The summed E-state index contributed by atoms with van der Waals surface area (Å²) in [4.78, 5) is 18.9. The summed E-state index contributed by atoms with van der Waals surface area (Å²) in [5, 5.41) is 5.00. The lowest BCUT2D eigenvalue weighted by molar-refractivity contribution is 0.0753. The normalized spacial score (nSPS) is 11.0. The Morgan fingerprint density at radius 3 is 2.66 bits per heavy atom. The van der Waals surface area contributed by atoms with Gasteiger partial charge in [-0.3, -0.25) is 4.79 Å². The summed E-state index contributed by atoms with van der Waals surface area (Å²) in [6.45, 7) is 2.15. The molecule has 4 aromatic rings. The number of nitrogens with zero attached hydrogens (tertiary/aromatic N) is 4. The molecule has 0 spiro atoms. The summed E-state index contributed by atoms with van der Waals surface area (Å²) >= 11 is 6.23. The van der Waals surface area contributed by atoms with Crippen molar-refractivity contribution in [3.63, 3.8) is 0 Å². The van der Waals surface area contributed by atoms with Gasteiger partial charge in [0.05, 0.1) is 17.8 Å². The number of hydrogen-bond donors (Lipinski definition) is 0. The van der Waals surface area contributed by atoms with Crippen LogP contribution >= 0.6 is 11.6 Å².